The molecule has 5 nitrogen and oxygen atoms in total. The number of hydrogen-bond donors (Lipinski definition) is 3. The molecule has 2 aromatic carbocycles. The van der Waals surface area contributed by atoms with Gasteiger partial charge in [0.1, 0.15) is 18.8 Å². The lowest BCUT2D eigenvalue weighted by atomic mass is 10.0. The number of carbonyl (C=O) groups excluding carboxylic acids is 1. The molecule has 0 aliphatic carbocycles. The maximum atomic E-state index is 11.6. The summed E-state index contributed by atoms with van der Waals surface area (Å²) in [5.41, 5.74) is 1.12. The second-order valence-corrected chi connectivity index (χ2v) is 6.45. The van der Waals surface area contributed by atoms with E-state index in [1.165, 1.54) is 12.1 Å². The Morgan fingerprint density at radius 3 is 2.28 bits per heavy atom. The monoisotopic (exact) mass is 403 g/mol. The van der Waals surface area contributed by atoms with Crippen molar-refractivity contribution in [2.45, 2.75) is 18.8 Å². The van der Waals surface area contributed by atoms with Crippen molar-refractivity contribution in [3.63, 3.8) is 0 Å². The predicted octanol–water partition coefficient (Wildman–Crippen LogP) is 3.97. The number of benzene rings is 2. The SMILES string of the molecule is O=C(NCC(O)C(O)c1cc(Cl)c(Cl)c(Cl)c1)OCc1ccccc1. The van der Waals surface area contributed by atoms with Gasteiger partial charge in [-0.1, -0.05) is 65.1 Å². The van der Waals surface area contributed by atoms with E-state index in [9.17, 15) is 15.0 Å². The van der Waals surface area contributed by atoms with Crippen LogP contribution in [-0.4, -0.2) is 29.0 Å². The minimum Gasteiger partial charge on any atom is -0.445 e. The van der Waals surface area contributed by atoms with Gasteiger partial charge in [0.2, 0.25) is 0 Å². The molecular weight excluding hydrogens is 389 g/mol. The molecule has 134 valence electrons. The maximum Gasteiger partial charge on any atom is 0.407 e. The summed E-state index contributed by atoms with van der Waals surface area (Å²) in [6.07, 6.45) is -3.29. The number of ether oxygens (including phenoxy) is 1. The number of carbonyl (C=O) groups is 1. The summed E-state index contributed by atoms with van der Waals surface area (Å²) in [4.78, 5) is 11.6. The summed E-state index contributed by atoms with van der Waals surface area (Å²) in [6, 6.07) is 12.0. The molecule has 0 radical (unpaired) electrons. The number of nitrogens with one attached hydrogen (secondary N) is 1. The molecule has 0 fully saturated rings. The highest BCUT2D eigenvalue weighted by atomic mass is 35.5. The van der Waals surface area contributed by atoms with Crippen molar-refractivity contribution in [1.29, 1.82) is 0 Å². The van der Waals surface area contributed by atoms with E-state index in [1.54, 1.807) is 0 Å². The first-order valence-electron chi connectivity index (χ1n) is 7.33. The first-order valence-corrected chi connectivity index (χ1v) is 8.47. The smallest absolute Gasteiger partial charge is 0.407 e. The molecule has 2 aromatic rings. The molecule has 2 atom stereocenters. The van der Waals surface area contributed by atoms with E-state index < -0.39 is 18.3 Å². The number of aliphatic hydroxyl groups excluding tert-OH is 2. The number of amides is 1. The first kappa shape index (κ1) is 19.8. The summed E-state index contributed by atoms with van der Waals surface area (Å²) in [6.45, 7) is -0.111. The topological polar surface area (TPSA) is 78.8 Å². The van der Waals surface area contributed by atoms with Crippen LogP contribution in [0.15, 0.2) is 42.5 Å². The van der Waals surface area contributed by atoms with Gasteiger partial charge in [-0.25, -0.2) is 4.79 Å². The van der Waals surface area contributed by atoms with Crippen LogP contribution in [-0.2, 0) is 11.3 Å². The zero-order chi connectivity index (χ0) is 18.4. The molecule has 8 heteroatoms. The zero-order valence-corrected chi connectivity index (χ0v) is 15.2. The lowest BCUT2D eigenvalue weighted by Crippen LogP contribution is -2.35. The van der Waals surface area contributed by atoms with E-state index >= 15 is 0 Å². The summed E-state index contributed by atoms with van der Waals surface area (Å²) in [5, 5.41) is 23.0. The first-order chi connectivity index (χ1) is 11.9. The van der Waals surface area contributed by atoms with Crippen LogP contribution in [0.5, 0.6) is 0 Å². The van der Waals surface area contributed by atoms with Crippen molar-refractivity contribution in [3.8, 4) is 0 Å². The van der Waals surface area contributed by atoms with Gasteiger partial charge < -0.3 is 20.3 Å². The Balaban J connectivity index is 1.84. The molecule has 2 rings (SSSR count). The van der Waals surface area contributed by atoms with Gasteiger partial charge in [0.25, 0.3) is 0 Å². The van der Waals surface area contributed by atoms with Crippen molar-refractivity contribution >= 4 is 40.9 Å². The highest BCUT2D eigenvalue weighted by Gasteiger charge is 2.21. The van der Waals surface area contributed by atoms with Gasteiger partial charge in [-0.2, -0.15) is 0 Å². The predicted molar refractivity (Wildman–Crippen MR) is 97.1 cm³/mol. The summed E-state index contributed by atoms with van der Waals surface area (Å²) in [7, 11) is 0. The van der Waals surface area contributed by atoms with Gasteiger partial charge in [0.15, 0.2) is 0 Å². The molecule has 0 heterocycles. The van der Waals surface area contributed by atoms with Gasteiger partial charge >= 0.3 is 6.09 Å². The van der Waals surface area contributed by atoms with Crippen molar-refractivity contribution in [2.75, 3.05) is 6.54 Å². The maximum absolute atomic E-state index is 11.6. The summed E-state index contributed by atoms with van der Waals surface area (Å²) < 4.78 is 5.02. The minimum absolute atomic E-state index is 0.105. The van der Waals surface area contributed by atoms with Crippen molar-refractivity contribution in [3.05, 3.63) is 68.7 Å². The van der Waals surface area contributed by atoms with Crippen molar-refractivity contribution in [2.24, 2.45) is 0 Å². The second kappa shape index (κ2) is 9.27. The highest BCUT2D eigenvalue weighted by Crippen LogP contribution is 2.33. The molecule has 0 saturated heterocycles. The van der Waals surface area contributed by atoms with Crippen LogP contribution in [0.1, 0.15) is 17.2 Å². The number of aliphatic hydroxyl groups is 2. The van der Waals surface area contributed by atoms with Crippen LogP contribution >= 0.6 is 34.8 Å². The van der Waals surface area contributed by atoms with Gasteiger partial charge in [0, 0.05) is 6.54 Å². The Hall–Kier alpha value is -1.50. The average molecular weight is 405 g/mol. The molecule has 0 saturated carbocycles. The quantitative estimate of drug-likeness (QED) is 0.637. The Bertz CT molecular complexity index is 704. The third kappa shape index (κ3) is 5.76. The normalized spacial score (nSPS) is 13.2. The van der Waals surface area contributed by atoms with Gasteiger partial charge in [-0.05, 0) is 23.3 Å². The molecule has 0 aromatic heterocycles. The molecule has 0 aliphatic rings. The third-order valence-corrected chi connectivity index (χ3v) is 4.58. The second-order valence-electron chi connectivity index (χ2n) is 5.25. The fourth-order valence-corrected chi connectivity index (χ4v) is 2.65. The Kier molecular flexibility index (Phi) is 7.35. The van der Waals surface area contributed by atoms with E-state index in [-0.39, 0.29) is 33.8 Å². The summed E-state index contributed by atoms with van der Waals surface area (Å²) >= 11 is 17.6. The van der Waals surface area contributed by atoms with E-state index in [1.807, 2.05) is 30.3 Å². The molecule has 25 heavy (non-hydrogen) atoms. The van der Waals surface area contributed by atoms with Crippen molar-refractivity contribution in [1.82, 2.24) is 5.32 Å². The lowest BCUT2D eigenvalue weighted by molar-refractivity contribution is 0.0184. The minimum atomic E-state index is -1.30. The van der Waals surface area contributed by atoms with Crippen LogP contribution in [0.3, 0.4) is 0 Å². The standard InChI is InChI=1S/C17H16Cl3NO4/c18-12-6-11(7-13(19)15(12)20)16(23)14(22)8-21-17(24)25-9-10-4-2-1-3-5-10/h1-7,14,16,22-23H,8-9H2,(H,21,24). The molecule has 2 unspecified atom stereocenters. The zero-order valence-electron chi connectivity index (χ0n) is 13.0. The van der Waals surface area contributed by atoms with E-state index in [0.717, 1.165) is 5.56 Å². The highest BCUT2D eigenvalue weighted by molar-refractivity contribution is 6.48. The molecule has 3 N–H and O–H groups in total. The Morgan fingerprint density at radius 2 is 1.68 bits per heavy atom. The van der Waals surface area contributed by atoms with Crippen LogP contribution in [0, 0.1) is 0 Å². The molecule has 0 bridgehead atoms. The Morgan fingerprint density at radius 1 is 1.08 bits per heavy atom. The Labute approximate surface area is 160 Å². The van der Waals surface area contributed by atoms with Crippen molar-refractivity contribution < 1.29 is 19.7 Å². The van der Waals surface area contributed by atoms with Crippen LogP contribution in [0.25, 0.3) is 0 Å². The van der Waals surface area contributed by atoms with Gasteiger partial charge in [-0.15, -0.1) is 0 Å². The van der Waals surface area contributed by atoms with Crippen LogP contribution < -0.4 is 5.32 Å². The number of rotatable bonds is 6. The average Bonchev–Trinajstić information content (AvgIpc) is 2.62. The number of alkyl carbamates (subject to hydrolysis) is 1. The van der Waals surface area contributed by atoms with Gasteiger partial charge in [-0.3, -0.25) is 0 Å². The largest absolute Gasteiger partial charge is 0.445 e. The van der Waals surface area contributed by atoms with Crippen LogP contribution in [0.2, 0.25) is 15.1 Å². The van der Waals surface area contributed by atoms with E-state index in [2.05, 4.69) is 5.32 Å². The van der Waals surface area contributed by atoms with E-state index in [4.69, 9.17) is 39.5 Å². The number of hydrogen-bond acceptors (Lipinski definition) is 4. The molecular formula is C17H16Cl3NO4. The third-order valence-electron chi connectivity index (χ3n) is 3.38. The fourth-order valence-electron chi connectivity index (χ4n) is 2.04. The number of halogens is 3. The van der Waals surface area contributed by atoms with Gasteiger partial charge in [0.05, 0.1) is 15.1 Å². The van der Waals surface area contributed by atoms with Crippen LogP contribution in [0.4, 0.5) is 4.79 Å². The fraction of sp³-hybridized carbons (Fsp3) is 0.235. The summed E-state index contributed by atoms with van der Waals surface area (Å²) in [5.74, 6) is 0. The molecule has 1 amide bonds. The molecule has 0 spiro atoms. The molecule has 0 aliphatic heterocycles. The lowest BCUT2D eigenvalue weighted by Gasteiger charge is -2.19. The van der Waals surface area contributed by atoms with E-state index in [0.29, 0.717) is 0 Å².